The van der Waals surface area contributed by atoms with E-state index in [1.807, 2.05) is 6.07 Å². The highest BCUT2D eigenvalue weighted by Gasteiger charge is 2.44. The van der Waals surface area contributed by atoms with Gasteiger partial charge in [-0.2, -0.15) is 0 Å². The summed E-state index contributed by atoms with van der Waals surface area (Å²) in [5, 5.41) is 0.605. The van der Waals surface area contributed by atoms with E-state index < -0.39 is 0 Å². The lowest BCUT2D eigenvalue weighted by Crippen LogP contribution is -2.21. The summed E-state index contributed by atoms with van der Waals surface area (Å²) < 4.78 is 11.0. The average molecular weight is 254 g/mol. The topological polar surface area (TPSA) is 44.5 Å². The van der Waals surface area contributed by atoms with Crippen LogP contribution < -0.4 is 15.2 Å². The fourth-order valence-corrected chi connectivity index (χ4v) is 2.69. The molecule has 2 aliphatic rings. The van der Waals surface area contributed by atoms with E-state index in [4.69, 9.17) is 26.8 Å². The van der Waals surface area contributed by atoms with Gasteiger partial charge in [-0.05, 0) is 30.4 Å². The van der Waals surface area contributed by atoms with E-state index in [0.29, 0.717) is 16.7 Å². The van der Waals surface area contributed by atoms with Gasteiger partial charge < -0.3 is 15.2 Å². The van der Waals surface area contributed by atoms with Crippen LogP contribution in [-0.4, -0.2) is 6.79 Å². The Balaban J connectivity index is 2.24. The van der Waals surface area contributed by atoms with Gasteiger partial charge in [0.15, 0.2) is 11.5 Å². The zero-order chi connectivity index (χ0) is 12.2. The van der Waals surface area contributed by atoms with Crippen LogP contribution in [0, 0.1) is 0 Å². The summed E-state index contributed by atoms with van der Waals surface area (Å²) in [5.74, 6) is 1.81. The molecule has 1 aromatic carbocycles. The summed E-state index contributed by atoms with van der Waals surface area (Å²) in [6, 6.07) is 1.96. The lowest BCUT2D eigenvalue weighted by Gasteiger charge is -2.20. The maximum atomic E-state index is 6.31. The van der Waals surface area contributed by atoms with Crippen molar-refractivity contribution in [2.45, 2.75) is 38.1 Å². The predicted molar refractivity (Wildman–Crippen MR) is 66.8 cm³/mol. The molecule has 1 aliphatic heterocycles. The second-order valence-corrected chi connectivity index (χ2v) is 5.60. The monoisotopic (exact) mass is 253 g/mol. The first kappa shape index (κ1) is 11.2. The normalized spacial score (nSPS) is 19.8. The van der Waals surface area contributed by atoms with Gasteiger partial charge in [0, 0.05) is 11.1 Å². The van der Waals surface area contributed by atoms with Crippen LogP contribution in [-0.2, 0) is 5.54 Å². The number of rotatable bonds is 2. The SMILES string of the molecule is CC(C)c1c(C2(N)CC2)cc(Cl)c2c1OCO2. The zero-order valence-electron chi connectivity index (χ0n) is 10.0. The summed E-state index contributed by atoms with van der Waals surface area (Å²) in [5.41, 5.74) is 8.39. The van der Waals surface area contributed by atoms with E-state index in [1.165, 1.54) is 0 Å². The van der Waals surface area contributed by atoms with E-state index in [1.54, 1.807) is 0 Å². The van der Waals surface area contributed by atoms with E-state index in [-0.39, 0.29) is 12.3 Å². The van der Waals surface area contributed by atoms with E-state index in [2.05, 4.69) is 13.8 Å². The molecule has 0 radical (unpaired) electrons. The van der Waals surface area contributed by atoms with Crippen LogP contribution in [0.5, 0.6) is 11.5 Å². The second kappa shape index (κ2) is 3.53. The van der Waals surface area contributed by atoms with Gasteiger partial charge in [0.2, 0.25) is 6.79 Å². The molecule has 3 nitrogen and oxygen atoms in total. The molecule has 1 aliphatic carbocycles. The van der Waals surface area contributed by atoms with Crippen LogP contribution in [0.2, 0.25) is 5.02 Å². The number of nitrogens with two attached hydrogens (primary N) is 1. The lowest BCUT2D eigenvalue weighted by atomic mass is 9.90. The van der Waals surface area contributed by atoms with Crippen LogP contribution >= 0.6 is 11.6 Å². The first-order chi connectivity index (χ1) is 8.03. The molecular formula is C13H16ClNO2. The second-order valence-electron chi connectivity index (χ2n) is 5.20. The number of hydrogen-bond donors (Lipinski definition) is 1. The molecule has 1 fully saturated rings. The minimum atomic E-state index is -0.204. The molecule has 17 heavy (non-hydrogen) atoms. The van der Waals surface area contributed by atoms with Crippen LogP contribution in [0.4, 0.5) is 0 Å². The molecule has 1 saturated carbocycles. The van der Waals surface area contributed by atoms with Crippen molar-refractivity contribution in [1.82, 2.24) is 0 Å². The van der Waals surface area contributed by atoms with Gasteiger partial charge in [-0.3, -0.25) is 0 Å². The quantitative estimate of drug-likeness (QED) is 0.881. The minimum Gasteiger partial charge on any atom is -0.453 e. The Morgan fingerprint density at radius 1 is 1.29 bits per heavy atom. The number of fused-ring (bicyclic) bond motifs is 1. The largest absolute Gasteiger partial charge is 0.453 e. The van der Waals surface area contributed by atoms with Gasteiger partial charge in [0.25, 0.3) is 0 Å². The molecule has 0 saturated heterocycles. The van der Waals surface area contributed by atoms with Crippen molar-refractivity contribution in [2.75, 3.05) is 6.79 Å². The van der Waals surface area contributed by atoms with Gasteiger partial charge >= 0.3 is 0 Å². The number of halogens is 1. The highest BCUT2D eigenvalue weighted by atomic mass is 35.5. The molecule has 0 bridgehead atoms. The number of hydrogen-bond acceptors (Lipinski definition) is 3. The molecule has 0 aromatic heterocycles. The van der Waals surface area contributed by atoms with E-state index >= 15 is 0 Å². The van der Waals surface area contributed by atoms with Crippen molar-refractivity contribution in [3.05, 3.63) is 22.2 Å². The molecule has 1 heterocycles. The van der Waals surface area contributed by atoms with E-state index in [9.17, 15) is 0 Å². The Kier molecular flexibility index (Phi) is 2.32. The molecule has 0 atom stereocenters. The van der Waals surface area contributed by atoms with Gasteiger partial charge in [-0.15, -0.1) is 0 Å². The third-order valence-corrected chi connectivity index (χ3v) is 3.82. The Morgan fingerprint density at radius 2 is 1.94 bits per heavy atom. The maximum absolute atomic E-state index is 6.31. The third kappa shape index (κ3) is 1.60. The van der Waals surface area contributed by atoms with Crippen LogP contribution in [0.1, 0.15) is 43.7 Å². The fourth-order valence-electron chi connectivity index (χ4n) is 2.44. The fraction of sp³-hybridized carbons (Fsp3) is 0.538. The smallest absolute Gasteiger partial charge is 0.231 e. The summed E-state index contributed by atoms with van der Waals surface area (Å²) in [6.45, 7) is 4.52. The summed E-state index contributed by atoms with van der Waals surface area (Å²) in [7, 11) is 0. The predicted octanol–water partition coefficient (Wildman–Crippen LogP) is 3.14. The summed E-state index contributed by atoms with van der Waals surface area (Å²) in [6.07, 6.45) is 2.03. The highest BCUT2D eigenvalue weighted by Crippen LogP contribution is 2.53. The Morgan fingerprint density at radius 3 is 2.53 bits per heavy atom. The van der Waals surface area contributed by atoms with Crippen LogP contribution in [0.25, 0.3) is 0 Å². The summed E-state index contributed by atoms with van der Waals surface area (Å²) in [4.78, 5) is 0. The molecule has 0 amide bonds. The molecule has 0 spiro atoms. The van der Waals surface area contributed by atoms with E-state index in [0.717, 1.165) is 29.7 Å². The number of ether oxygens (including phenoxy) is 2. The molecule has 92 valence electrons. The van der Waals surface area contributed by atoms with Crippen LogP contribution in [0.15, 0.2) is 6.07 Å². The Labute approximate surface area is 106 Å². The first-order valence-corrected chi connectivity index (χ1v) is 6.32. The van der Waals surface area contributed by atoms with Crippen molar-refractivity contribution in [3.63, 3.8) is 0 Å². The molecule has 4 heteroatoms. The minimum absolute atomic E-state index is 0.204. The van der Waals surface area contributed by atoms with Crippen molar-refractivity contribution < 1.29 is 9.47 Å². The standard InChI is InChI=1S/C13H16ClNO2/c1-7(2)10-8(13(15)3-4-13)5-9(14)11-12(10)17-6-16-11/h5,7H,3-4,6,15H2,1-2H3. The zero-order valence-corrected chi connectivity index (χ0v) is 10.8. The van der Waals surface area contributed by atoms with Crippen molar-refractivity contribution >= 4 is 11.6 Å². The molecule has 0 unspecified atom stereocenters. The van der Waals surface area contributed by atoms with Gasteiger partial charge in [-0.1, -0.05) is 25.4 Å². The van der Waals surface area contributed by atoms with Crippen molar-refractivity contribution in [1.29, 1.82) is 0 Å². The molecule has 2 N–H and O–H groups in total. The first-order valence-electron chi connectivity index (χ1n) is 5.94. The molecule has 3 rings (SSSR count). The van der Waals surface area contributed by atoms with Gasteiger partial charge in [0.1, 0.15) is 0 Å². The van der Waals surface area contributed by atoms with Crippen LogP contribution in [0.3, 0.4) is 0 Å². The van der Waals surface area contributed by atoms with Crippen molar-refractivity contribution in [3.8, 4) is 11.5 Å². The maximum Gasteiger partial charge on any atom is 0.231 e. The lowest BCUT2D eigenvalue weighted by molar-refractivity contribution is 0.173. The Hall–Kier alpha value is -0.930. The van der Waals surface area contributed by atoms with Gasteiger partial charge in [-0.25, -0.2) is 0 Å². The third-order valence-electron chi connectivity index (χ3n) is 3.54. The van der Waals surface area contributed by atoms with Crippen molar-refractivity contribution in [2.24, 2.45) is 5.73 Å². The highest BCUT2D eigenvalue weighted by molar-refractivity contribution is 6.32. The number of benzene rings is 1. The molecular weight excluding hydrogens is 238 g/mol. The van der Waals surface area contributed by atoms with Gasteiger partial charge in [0.05, 0.1) is 5.02 Å². The molecule has 1 aromatic rings. The summed E-state index contributed by atoms with van der Waals surface area (Å²) >= 11 is 6.22. The average Bonchev–Trinajstić information content (AvgIpc) is 2.83. The Bertz CT molecular complexity index is 481.